The van der Waals surface area contributed by atoms with Crippen molar-refractivity contribution in [3.8, 4) is 33.9 Å². The molecule has 1 heterocycles. The minimum atomic E-state index is -0.266. The van der Waals surface area contributed by atoms with Gasteiger partial charge in [-0.3, -0.25) is 0 Å². The number of benzene rings is 5. The molecule has 3 unspecified atom stereocenters. The molecule has 6 aromatic rings. The topological polar surface area (TPSA) is 38.7 Å². The molecule has 0 amide bonds. The van der Waals surface area contributed by atoms with E-state index in [1.165, 1.54) is 55.7 Å². The molecule has 5 aromatic carbocycles. The first-order valence-electron chi connectivity index (χ1n) is 18.0. The molecule has 1 aromatic heterocycles. The predicted molar refractivity (Wildman–Crippen MR) is 206 cm³/mol. The van der Waals surface area contributed by atoms with Crippen LogP contribution in [0.1, 0.15) is 57.5 Å². The van der Waals surface area contributed by atoms with E-state index in [9.17, 15) is 0 Å². The number of allylic oxidation sites excluding steroid dienone is 9. The summed E-state index contributed by atoms with van der Waals surface area (Å²) in [6.45, 7) is 0. The number of hydrogen-bond acceptors (Lipinski definition) is 3. The van der Waals surface area contributed by atoms with Gasteiger partial charge in [-0.25, -0.2) is 15.0 Å². The molecule has 3 nitrogen and oxygen atoms in total. The van der Waals surface area contributed by atoms with Crippen LogP contribution in [0, 0.1) is 5.92 Å². The summed E-state index contributed by atoms with van der Waals surface area (Å²) >= 11 is 0. The fourth-order valence-corrected chi connectivity index (χ4v) is 9.56. The average molecular weight is 652 g/mol. The molecule has 0 saturated carbocycles. The van der Waals surface area contributed by atoms with Crippen molar-refractivity contribution in [2.45, 2.75) is 23.7 Å². The Bertz CT molecular complexity index is 2570. The Hall–Kier alpha value is -6.19. The van der Waals surface area contributed by atoms with Crippen molar-refractivity contribution in [3.05, 3.63) is 209 Å². The highest BCUT2D eigenvalue weighted by Crippen LogP contribution is 2.67. The fourth-order valence-electron chi connectivity index (χ4n) is 9.56. The van der Waals surface area contributed by atoms with Gasteiger partial charge in [-0.2, -0.15) is 0 Å². The van der Waals surface area contributed by atoms with Crippen LogP contribution in [0.4, 0.5) is 0 Å². The third-order valence-electron chi connectivity index (χ3n) is 11.7. The molecule has 51 heavy (non-hydrogen) atoms. The Morgan fingerprint density at radius 1 is 0.569 bits per heavy atom. The minimum absolute atomic E-state index is 0.0599. The summed E-state index contributed by atoms with van der Waals surface area (Å²) in [6, 6.07) is 43.8. The van der Waals surface area contributed by atoms with E-state index in [4.69, 9.17) is 15.0 Å². The summed E-state index contributed by atoms with van der Waals surface area (Å²) < 4.78 is 0. The van der Waals surface area contributed by atoms with Crippen molar-refractivity contribution >= 4 is 11.6 Å². The summed E-state index contributed by atoms with van der Waals surface area (Å²) in [5.41, 5.74) is 15.2. The minimum Gasteiger partial charge on any atom is -0.212 e. The van der Waals surface area contributed by atoms with Crippen LogP contribution in [-0.2, 0) is 5.41 Å². The van der Waals surface area contributed by atoms with E-state index >= 15 is 0 Å². The average Bonchev–Trinajstić information content (AvgIpc) is 3.68. The lowest BCUT2D eigenvalue weighted by atomic mass is 9.64. The zero-order valence-corrected chi connectivity index (χ0v) is 27.9. The Morgan fingerprint density at radius 3 is 2.14 bits per heavy atom. The van der Waals surface area contributed by atoms with E-state index in [0.717, 1.165) is 23.4 Å². The Balaban J connectivity index is 1.07. The van der Waals surface area contributed by atoms with Crippen LogP contribution in [0.3, 0.4) is 0 Å². The van der Waals surface area contributed by atoms with Gasteiger partial charge in [-0.1, -0.05) is 164 Å². The van der Waals surface area contributed by atoms with Gasteiger partial charge in [-0.05, 0) is 68.1 Å². The van der Waals surface area contributed by atoms with Gasteiger partial charge in [0.05, 0.1) is 5.41 Å². The second kappa shape index (κ2) is 10.9. The highest BCUT2D eigenvalue weighted by Gasteiger charge is 2.59. The smallest absolute Gasteiger partial charge is 0.163 e. The monoisotopic (exact) mass is 651 g/mol. The van der Waals surface area contributed by atoms with E-state index in [2.05, 4.69) is 152 Å². The Kier molecular flexibility index (Phi) is 6.12. The van der Waals surface area contributed by atoms with Gasteiger partial charge < -0.3 is 0 Å². The normalized spacial score (nSPS) is 22.7. The zero-order valence-electron chi connectivity index (χ0n) is 27.9. The Labute approximate surface area is 297 Å². The molecule has 3 heteroatoms. The molecule has 4 atom stereocenters. The quantitative estimate of drug-likeness (QED) is 0.190. The second-order valence-electron chi connectivity index (χ2n) is 14.2. The summed E-state index contributed by atoms with van der Waals surface area (Å²) in [5.74, 6) is 2.93. The molecule has 0 fully saturated rings. The van der Waals surface area contributed by atoms with Gasteiger partial charge in [0.2, 0.25) is 0 Å². The standard InChI is InChI=1S/C48H33N3/c1-3-11-30(12-4-1)31-21-25-35(26-22-31)46-49-45(34-13-5-2-6-14-34)50-47(51-46)36-27-28-40-38(29-36)37-17-7-8-18-39(37)48(40)41-19-9-15-32-23-24-33-16-10-20-42(48)44(33)43(32)41/h1-25,27-29,35,41,43H,26H2/t35-,41?,43?,48?/m0/s1. The van der Waals surface area contributed by atoms with Crippen LogP contribution >= 0.6 is 0 Å². The molecule has 0 aliphatic heterocycles. The third-order valence-corrected chi connectivity index (χ3v) is 11.7. The van der Waals surface area contributed by atoms with Crippen LogP contribution in [0.5, 0.6) is 0 Å². The van der Waals surface area contributed by atoms with Crippen molar-refractivity contribution in [1.82, 2.24) is 15.0 Å². The maximum absolute atomic E-state index is 5.22. The lowest BCUT2D eigenvalue weighted by Crippen LogP contribution is -2.33. The van der Waals surface area contributed by atoms with Gasteiger partial charge in [-0.15, -0.1) is 0 Å². The van der Waals surface area contributed by atoms with Crippen LogP contribution in [0.2, 0.25) is 0 Å². The fraction of sp³-hybridized carbons (Fsp3) is 0.104. The molecule has 240 valence electrons. The summed E-state index contributed by atoms with van der Waals surface area (Å²) in [7, 11) is 0. The molecule has 5 aliphatic carbocycles. The number of aromatic nitrogens is 3. The molecule has 5 aliphatic rings. The van der Waals surface area contributed by atoms with Crippen LogP contribution < -0.4 is 0 Å². The van der Waals surface area contributed by atoms with Gasteiger partial charge in [0.1, 0.15) is 5.82 Å². The van der Waals surface area contributed by atoms with E-state index < -0.39 is 0 Å². The van der Waals surface area contributed by atoms with E-state index in [-0.39, 0.29) is 11.3 Å². The van der Waals surface area contributed by atoms with Crippen molar-refractivity contribution < 1.29 is 0 Å². The van der Waals surface area contributed by atoms with Crippen molar-refractivity contribution in [3.63, 3.8) is 0 Å². The summed E-state index contributed by atoms with van der Waals surface area (Å²) in [6.07, 6.45) is 19.3. The lowest BCUT2D eigenvalue weighted by Gasteiger charge is -2.37. The molecular formula is C48H33N3. The molecule has 0 radical (unpaired) electrons. The first-order chi connectivity index (χ1) is 25.3. The lowest BCUT2D eigenvalue weighted by molar-refractivity contribution is 0.457. The maximum atomic E-state index is 5.22. The first kappa shape index (κ1) is 28.6. The molecule has 0 N–H and O–H groups in total. The van der Waals surface area contributed by atoms with E-state index in [1.807, 2.05) is 18.2 Å². The molecule has 1 spiro atoms. The number of hydrogen-bond donors (Lipinski definition) is 0. The van der Waals surface area contributed by atoms with Crippen molar-refractivity contribution in [2.75, 3.05) is 0 Å². The van der Waals surface area contributed by atoms with Gasteiger partial charge in [0.25, 0.3) is 0 Å². The maximum Gasteiger partial charge on any atom is 0.163 e. The third kappa shape index (κ3) is 4.09. The predicted octanol–water partition coefficient (Wildman–Crippen LogP) is 10.9. The highest BCUT2D eigenvalue weighted by atomic mass is 15.0. The Morgan fingerprint density at radius 2 is 1.31 bits per heavy atom. The molecule has 0 saturated heterocycles. The molecular weight excluding hydrogens is 619 g/mol. The van der Waals surface area contributed by atoms with E-state index in [0.29, 0.717) is 23.5 Å². The summed E-state index contributed by atoms with van der Waals surface area (Å²) in [5, 5.41) is 0. The SMILES string of the molecule is C1=CC2C3C(=C1)C=Cc1cccc(c13)C21c2ccccc2-c2cc(-c3nc(-c4ccccc4)nc([C@H]4C=CC(c5ccccc5)=CC4)n3)ccc21. The van der Waals surface area contributed by atoms with E-state index in [1.54, 1.807) is 0 Å². The zero-order chi connectivity index (χ0) is 33.5. The van der Waals surface area contributed by atoms with Crippen LogP contribution in [0.15, 0.2) is 169 Å². The molecule has 11 rings (SSSR count). The van der Waals surface area contributed by atoms with Crippen LogP contribution in [0.25, 0.3) is 45.6 Å². The number of rotatable bonds is 4. The highest BCUT2D eigenvalue weighted by molar-refractivity contribution is 5.89. The second-order valence-corrected chi connectivity index (χ2v) is 14.2. The van der Waals surface area contributed by atoms with Crippen molar-refractivity contribution in [2.24, 2.45) is 5.92 Å². The first-order valence-corrected chi connectivity index (χ1v) is 18.0. The van der Waals surface area contributed by atoms with Gasteiger partial charge in [0.15, 0.2) is 11.6 Å². The van der Waals surface area contributed by atoms with Crippen molar-refractivity contribution in [1.29, 1.82) is 0 Å². The molecule has 0 bridgehead atoms. The largest absolute Gasteiger partial charge is 0.212 e. The number of fused-ring (bicyclic) bond motifs is 7. The summed E-state index contributed by atoms with van der Waals surface area (Å²) in [4.78, 5) is 15.5. The van der Waals surface area contributed by atoms with Gasteiger partial charge in [0, 0.05) is 28.9 Å². The van der Waals surface area contributed by atoms with Gasteiger partial charge >= 0.3 is 0 Å². The van der Waals surface area contributed by atoms with Crippen LogP contribution in [-0.4, -0.2) is 15.0 Å². The number of nitrogens with zero attached hydrogens (tertiary/aromatic N) is 3.